The first kappa shape index (κ1) is 12.9. The van der Waals surface area contributed by atoms with Crippen LogP contribution >= 0.6 is 0 Å². The molecule has 0 saturated heterocycles. The van der Waals surface area contributed by atoms with E-state index in [-0.39, 0.29) is 18.4 Å². The maximum Gasteiger partial charge on any atom is 0.387 e. The molecule has 1 atom stereocenters. The van der Waals surface area contributed by atoms with Crippen LogP contribution in [0.2, 0.25) is 0 Å². The van der Waals surface area contributed by atoms with E-state index >= 15 is 0 Å². The Balaban J connectivity index is 2.91. The van der Waals surface area contributed by atoms with Crippen molar-refractivity contribution in [2.24, 2.45) is 0 Å². The third-order valence-corrected chi connectivity index (χ3v) is 2.28. The van der Waals surface area contributed by atoms with Gasteiger partial charge in [-0.2, -0.15) is 8.78 Å². The first-order valence-electron chi connectivity index (χ1n) is 5.01. The molecule has 0 aliphatic rings. The lowest BCUT2D eigenvalue weighted by atomic mass is 10.0. The predicted octanol–water partition coefficient (Wildman–Crippen LogP) is 1.93. The number of ether oxygens (including phenoxy) is 1. The van der Waals surface area contributed by atoms with Crippen LogP contribution in [0.3, 0.4) is 0 Å². The van der Waals surface area contributed by atoms with Gasteiger partial charge in [0.05, 0.1) is 0 Å². The summed E-state index contributed by atoms with van der Waals surface area (Å²) in [7, 11) is 1.71. The van der Waals surface area contributed by atoms with Crippen molar-refractivity contribution >= 4 is 0 Å². The summed E-state index contributed by atoms with van der Waals surface area (Å²) in [4.78, 5) is 0. The van der Waals surface area contributed by atoms with Crippen molar-refractivity contribution in [3.63, 3.8) is 0 Å². The van der Waals surface area contributed by atoms with Crippen LogP contribution in [0.5, 0.6) is 5.75 Å². The smallest absolute Gasteiger partial charge is 0.387 e. The average molecular weight is 231 g/mol. The SMILES string of the molecule is CNC(CCO)c1ccccc1OC(F)F. The van der Waals surface area contributed by atoms with Crippen molar-refractivity contribution in [3.8, 4) is 5.75 Å². The van der Waals surface area contributed by atoms with Crippen molar-refractivity contribution in [1.82, 2.24) is 5.32 Å². The molecule has 0 fully saturated rings. The zero-order valence-corrected chi connectivity index (χ0v) is 8.99. The van der Waals surface area contributed by atoms with Crippen LogP contribution in [-0.4, -0.2) is 25.4 Å². The number of rotatable bonds is 6. The van der Waals surface area contributed by atoms with Gasteiger partial charge in [-0.25, -0.2) is 0 Å². The summed E-state index contributed by atoms with van der Waals surface area (Å²) in [5, 5.41) is 11.8. The van der Waals surface area contributed by atoms with E-state index in [1.54, 1.807) is 25.2 Å². The second-order valence-electron chi connectivity index (χ2n) is 3.27. The van der Waals surface area contributed by atoms with Crippen molar-refractivity contribution < 1.29 is 18.6 Å². The molecular formula is C11H15F2NO2. The number of aliphatic hydroxyl groups excluding tert-OH is 1. The first-order chi connectivity index (χ1) is 7.69. The molecule has 0 aliphatic carbocycles. The molecule has 1 rings (SSSR count). The predicted molar refractivity (Wildman–Crippen MR) is 56.6 cm³/mol. The molecule has 2 N–H and O–H groups in total. The molecule has 1 aromatic rings. The van der Waals surface area contributed by atoms with E-state index in [1.807, 2.05) is 0 Å². The van der Waals surface area contributed by atoms with Crippen LogP contribution in [0.25, 0.3) is 0 Å². The molecule has 0 saturated carbocycles. The number of alkyl halides is 2. The lowest BCUT2D eigenvalue weighted by Gasteiger charge is -2.18. The summed E-state index contributed by atoms with van der Waals surface area (Å²) in [6.45, 7) is -2.86. The average Bonchev–Trinajstić information content (AvgIpc) is 2.26. The Bertz CT molecular complexity index is 321. The molecule has 1 aromatic carbocycles. The topological polar surface area (TPSA) is 41.5 Å². The Labute approximate surface area is 93.0 Å². The Morgan fingerprint density at radius 2 is 2.06 bits per heavy atom. The van der Waals surface area contributed by atoms with Gasteiger partial charge in [0.25, 0.3) is 0 Å². The third kappa shape index (κ3) is 3.43. The highest BCUT2D eigenvalue weighted by molar-refractivity contribution is 5.35. The van der Waals surface area contributed by atoms with E-state index in [0.29, 0.717) is 12.0 Å². The van der Waals surface area contributed by atoms with Crippen molar-refractivity contribution in [1.29, 1.82) is 0 Å². The van der Waals surface area contributed by atoms with Gasteiger partial charge in [-0.15, -0.1) is 0 Å². The third-order valence-electron chi connectivity index (χ3n) is 2.28. The molecule has 0 radical (unpaired) electrons. The Hall–Kier alpha value is -1.20. The highest BCUT2D eigenvalue weighted by atomic mass is 19.3. The molecule has 0 aromatic heterocycles. The molecule has 16 heavy (non-hydrogen) atoms. The molecule has 0 bridgehead atoms. The van der Waals surface area contributed by atoms with Crippen molar-refractivity contribution in [3.05, 3.63) is 29.8 Å². The van der Waals surface area contributed by atoms with Crippen LogP contribution < -0.4 is 10.1 Å². The Kier molecular flexibility index (Phi) is 5.14. The summed E-state index contributed by atoms with van der Waals surface area (Å²) in [6.07, 6.45) is 0.445. The van der Waals surface area contributed by atoms with E-state index in [0.717, 1.165) is 0 Å². The molecule has 0 spiro atoms. The van der Waals surface area contributed by atoms with Crippen LogP contribution in [0.1, 0.15) is 18.0 Å². The van der Waals surface area contributed by atoms with Gasteiger partial charge >= 0.3 is 6.61 Å². The quantitative estimate of drug-likeness (QED) is 0.786. The molecule has 0 aliphatic heterocycles. The maximum atomic E-state index is 12.2. The number of hydrogen-bond donors (Lipinski definition) is 2. The zero-order chi connectivity index (χ0) is 12.0. The van der Waals surface area contributed by atoms with Gasteiger partial charge in [0.2, 0.25) is 0 Å². The van der Waals surface area contributed by atoms with Gasteiger partial charge in [0, 0.05) is 18.2 Å². The lowest BCUT2D eigenvalue weighted by Crippen LogP contribution is -2.19. The van der Waals surface area contributed by atoms with Gasteiger partial charge in [0.15, 0.2) is 0 Å². The maximum absolute atomic E-state index is 12.2. The standard InChI is InChI=1S/C11H15F2NO2/c1-14-9(6-7-15)8-4-2-3-5-10(8)16-11(12)13/h2-5,9,11,14-15H,6-7H2,1H3. The normalized spacial score (nSPS) is 12.8. The van der Waals surface area contributed by atoms with Gasteiger partial charge in [-0.1, -0.05) is 18.2 Å². The van der Waals surface area contributed by atoms with E-state index < -0.39 is 6.61 Å². The highest BCUT2D eigenvalue weighted by Crippen LogP contribution is 2.27. The van der Waals surface area contributed by atoms with E-state index in [9.17, 15) is 8.78 Å². The number of benzene rings is 1. The second kappa shape index (κ2) is 6.40. The molecule has 3 nitrogen and oxygen atoms in total. The van der Waals surface area contributed by atoms with Gasteiger partial charge in [0.1, 0.15) is 5.75 Å². The van der Waals surface area contributed by atoms with Gasteiger partial charge < -0.3 is 15.2 Å². The fraction of sp³-hybridized carbons (Fsp3) is 0.455. The Morgan fingerprint density at radius 1 is 1.38 bits per heavy atom. The van der Waals surface area contributed by atoms with E-state index in [2.05, 4.69) is 10.1 Å². The number of para-hydroxylation sites is 1. The van der Waals surface area contributed by atoms with Crippen molar-refractivity contribution in [2.75, 3.05) is 13.7 Å². The molecule has 1 unspecified atom stereocenters. The number of hydrogen-bond acceptors (Lipinski definition) is 3. The minimum absolute atomic E-state index is 0.0193. The highest BCUT2D eigenvalue weighted by Gasteiger charge is 2.15. The lowest BCUT2D eigenvalue weighted by molar-refractivity contribution is -0.0507. The fourth-order valence-corrected chi connectivity index (χ4v) is 1.56. The summed E-state index contributed by atoms with van der Waals surface area (Å²) in [5.74, 6) is 0.144. The second-order valence-corrected chi connectivity index (χ2v) is 3.27. The van der Waals surface area contributed by atoms with E-state index in [4.69, 9.17) is 5.11 Å². The fourth-order valence-electron chi connectivity index (χ4n) is 1.56. The molecule has 0 amide bonds. The summed E-state index contributed by atoms with van der Waals surface area (Å²) in [5.41, 5.74) is 0.624. The Morgan fingerprint density at radius 3 is 2.62 bits per heavy atom. The van der Waals surface area contributed by atoms with Crippen LogP contribution in [0.15, 0.2) is 24.3 Å². The number of halogens is 2. The van der Waals surface area contributed by atoms with E-state index in [1.165, 1.54) is 6.07 Å². The minimum Gasteiger partial charge on any atom is -0.434 e. The first-order valence-corrected chi connectivity index (χ1v) is 5.01. The van der Waals surface area contributed by atoms with Gasteiger partial charge in [-0.05, 0) is 19.5 Å². The summed E-state index contributed by atoms with van der Waals surface area (Å²) in [6, 6.07) is 6.37. The number of aliphatic hydroxyl groups is 1. The summed E-state index contributed by atoms with van der Waals surface area (Å²) >= 11 is 0. The van der Waals surface area contributed by atoms with Crippen LogP contribution in [-0.2, 0) is 0 Å². The molecule has 5 heteroatoms. The van der Waals surface area contributed by atoms with Crippen LogP contribution in [0.4, 0.5) is 8.78 Å². The van der Waals surface area contributed by atoms with Gasteiger partial charge in [-0.3, -0.25) is 0 Å². The minimum atomic E-state index is -2.84. The monoisotopic (exact) mass is 231 g/mol. The largest absolute Gasteiger partial charge is 0.434 e. The van der Waals surface area contributed by atoms with Crippen LogP contribution in [0, 0.1) is 0 Å². The van der Waals surface area contributed by atoms with Crippen molar-refractivity contribution in [2.45, 2.75) is 19.1 Å². The summed E-state index contributed by atoms with van der Waals surface area (Å²) < 4.78 is 28.7. The zero-order valence-electron chi connectivity index (χ0n) is 8.99. The number of nitrogens with one attached hydrogen (secondary N) is 1. The molecule has 0 heterocycles. The molecular weight excluding hydrogens is 216 g/mol. The molecule has 90 valence electrons.